The van der Waals surface area contributed by atoms with Gasteiger partial charge in [0.2, 0.25) is 0 Å². The monoisotopic (exact) mass is 414 g/mol. The number of rotatable bonds is 11. The summed E-state index contributed by atoms with van der Waals surface area (Å²) in [5.41, 5.74) is 2.01. The molecule has 2 nitrogen and oxygen atoms in total. The molecule has 0 fully saturated rings. The SMILES string of the molecule is BrCCCCCCCCCOc1ccc(-c2cc3ccccc3o2)cc1. The third kappa shape index (κ3) is 5.63. The fourth-order valence-corrected chi connectivity index (χ4v) is 3.51. The van der Waals surface area contributed by atoms with Crippen molar-refractivity contribution in [2.75, 3.05) is 11.9 Å². The molecule has 1 aromatic heterocycles. The van der Waals surface area contributed by atoms with E-state index in [0.717, 1.165) is 46.4 Å². The zero-order valence-electron chi connectivity index (χ0n) is 15.3. The van der Waals surface area contributed by atoms with Gasteiger partial charge in [0, 0.05) is 16.3 Å². The number of ether oxygens (including phenoxy) is 1. The molecule has 0 aliphatic heterocycles. The second-order valence-electron chi connectivity index (χ2n) is 6.69. The van der Waals surface area contributed by atoms with Crippen LogP contribution in [0.25, 0.3) is 22.3 Å². The number of halogens is 1. The van der Waals surface area contributed by atoms with Gasteiger partial charge in [-0.15, -0.1) is 0 Å². The molecule has 0 amide bonds. The normalized spacial score (nSPS) is 11.1. The lowest BCUT2D eigenvalue weighted by Gasteiger charge is -2.07. The third-order valence-corrected chi connectivity index (χ3v) is 5.17. The highest BCUT2D eigenvalue weighted by Crippen LogP contribution is 2.28. The molecule has 0 saturated heterocycles. The van der Waals surface area contributed by atoms with Crippen molar-refractivity contribution < 1.29 is 9.15 Å². The van der Waals surface area contributed by atoms with Crippen LogP contribution in [-0.4, -0.2) is 11.9 Å². The van der Waals surface area contributed by atoms with Gasteiger partial charge < -0.3 is 9.15 Å². The van der Waals surface area contributed by atoms with E-state index >= 15 is 0 Å². The Kier molecular flexibility index (Phi) is 7.63. The molecule has 0 atom stereocenters. The molecule has 3 heteroatoms. The average molecular weight is 415 g/mol. The zero-order chi connectivity index (χ0) is 18.0. The fourth-order valence-electron chi connectivity index (χ4n) is 3.11. The highest BCUT2D eigenvalue weighted by molar-refractivity contribution is 9.09. The summed E-state index contributed by atoms with van der Waals surface area (Å²) in [5, 5.41) is 2.27. The molecular weight excluding hydrogens is 388 g/mol. The van der Waals surface area contributed by atoms with Crippen molar-refractivity contribution in [2.45, 2.75) is 44.9 Å². The minimum absolute atomic E-state index is 0.797. The van der Waals surface area contributed by atoms with Crippen LogP contribution in [0.15, 0.2) is 59.0 Å². The van der Waals surface area contributed by atoms with E-state index in [9.17, 15) is 0 Å². The molecule has 0 aliphatic carbocycles. The predicted octanol–water partition coefficient (Wildman–Crippen LogP) is 7.60. The first-order valence-corrected chi connectivity index (χ1v) is 10.8. The summed E-state index contributed by atoms with van der Waals surface area (Å²) in [6.07, 6.45) is 9.05. The predicted molar refractivity (Wildman–Crippen MR) is 113 cm³/mol. The second-order valence-corrected chi connectivity index (χ2v) is 7.48. The maximum absolute atomic E-state index is 5.91. The quantitative estimate of drug-likeness (QED) is 0.238. The maximum atomic E-state index is 5.91. The van der Waals surface area contributed by atoms with Crippen molar-refractivity contribution in [1.82, 2.24) is 0 Å². The smallest absolute Gasteiger partial charge is 0.135 e. The van der Waals surface area contributed by atoms with Crippen LogP contribution in [0.2, 0.25) is 0 Å². The van der Waals surface area contributed by atoms with Crippen molar-refractivity contribution in [3.63, 3.8) is 0 Å². The Morgan fingerprint density at radius 3 is 2.19 bits per heavy atom. The van der Waals surface area contributed by atoms with E-state index in [-0.39, 0.29) is 0 Å². The number of unbranched alkanes of at least 4 members (excludes halogenated alkanes) is 6. The van der Waals surface area contributed by atoms with Gasteiger partial charge in [-0.1, -0.05) is 66.2 Å². The van der Waals surface area contributed by atoms with Gasteiger partial charge in [-0.2, -0.15) is 0 Å². The van der Waals surface area contributed by atoms with E-state index < -0.39 is 0 Å². The van der Waals surface area contributed by atoms with Gasteiger partial charge in [0.1, 0.15) is 17.1 Å². The second kappa shape index (κ2) is 10.4. The summed E-state index contributed by atoms with van der Waals surface area (Å²) in [5.74, 6) is 1.83. The van der Waals surface area contributed by atoms with E-state index in [0.29, 0.717) is 0 Å². The van der Waals surface area contributed by atoms with Crippen molar-refractivity contribution in [3.8, 4) is 17.1 Å². The lowest BCUT2D eigenvalue weighted by Crippen LogP contribution is -1.97. The van der Waals surface area contributed by atoms with E-state index in [1.165, 1.54) is 38.5 Å². The van der Waals surface area contributed by atoms with E-state index in [2.05, 4.69) is 40.2 Å². The number of hydrogen-bond acceptors (Lipinski definition) is 2. The summed E-state index contributed by atoms with van der Waals surface area (Å²) in [6, 6.07) is 18.4. The van der Waals surface area contributed by atoms with Gasteiger partial charge in [0.05, 0.1) is 6.61 Å². The summed E-state index contributed by atoms with van der Waals surface area (Å²) in [6.45, 7) is 0.797. The average Bonchev–Trinajstić information content (AvgIpc) is 3.11. The van der Waals surface area contributed by atoms with Crippen molar-refractivity contribution in [2.24, 2.45) is 0 Å². The maximum Gasteiger partial charge on any atom is 0.135 e. The molecule has 138 valence electrons. The lowest BCUT2D eigenvalue weighted by atomic mass is 10.1. The molecule has 1 heterocycles. The molecule has 0 saturated carbocycles. The standard InChI is InChI=1S/C23H27BrO2/c24-16-8-4-2-1-3-5-9-17-25-21-14-12-19(13-15-21)23-18-20-10-6-7-11-22(20)26-23/h6-7,10-15,18H,1-5,8-9,16-17H2. The number of furan rings is 1. The van der Waals surface area contributed by atoms with Crippen LogP contribution in [0.3, 0.4) is 0 Å². The van der Waals surface area contributed by atoms with Gasteiger partial charge in [-0.25, -0.2) is 0 Å². The third-order valence-electron chi connectivity index (χ3n) is 4.61. The molecule has 0 unspecified atom stereocenters. The molecule has 26 heavy (non-hydrogen) atoms. The topological polar surface area (TPSA) is 22.4 Å². The number of fused-ring (bicyclic) bond motifs is 1. The van der Waals surface area contributed by atoms with E-state index in [4.69, 9.17) is 9.15 Å². The van der Waals surface area contributed by atoms with Gasteiger partial charge in [0.15, 0.2) is 0 Å². The first-order chi connectivity index (χ1) is 12.9. The largest absolute Gasteiger partial charge is 0.494 e. The van der Waals surface area contributed by atoms with E-state index in [1.807, 2.05) is 30.3 Å². The Morgan fingerprint density at radius 2 is 1.46 bits per heavy atom. The number of benzene rings is 2. The Labute approximate surface area is 164 Å². The van der Waals surface area contributed by atoms with Crippen LogP contribution in [0.1, 0.15) is 44.9 Å². The van der Waals surface area contributed by atoms with Crippen molar-refractivity contribution in [1.29, 1.82) is 0 Å². The Bertz CT molecular complexity index is 743. The Hall–Kier alpha value is -1.74. The van der Waals surface area contributed by atoms with Crippen LogP contribution in [0.5, 0.6) is 5.75 Å². The summed E-state index contributed by atoms with van der Waals surface area (Å²) in [7, 11) is 0. The van der Waals surface area contributed by atoms with Crippen molar-refractivity contribution >= 4 is 26.9 Å². The van der Waals surface area contributed by atoms with Gasteiger partial charge in [-0.05, 0) is 49.2 Å². The minimum atomic E-state index is 0.797. The number of alkyl halides is 1. The van der Waals surface area contributed by atoms with Gasteiger partial charge in [0.25, 0.3) is 0 Å². The van der Waals surface area contributed by atoms with Gasteiger partial charge >= 0.3 is 0 Å². The fraction of sp³-hybridized carbons (Fsp3) is 0.391. The number of para-hydroxylation sites is 1. The van der Waals surface area contributed by atoms with Crippen LogP contribution < -0.4 is 4.74 Å². The molecule has 0 aliphatic rings. The first kappa shape index (κ1) is 19.0. The van der Waals surface area contributed by atoms with Crippen LogP contribution in [0, 0.1) is 0 Å². The summed E-state index contributed by atoms with van der Waals surface area (Å²) < 4.78 is 11.8. The van der Waals surface area contributed by atoms with Crippen molar-refractivity contribution in [3.05, 3.63) is 54.6 Å². The first-order valence-electron chi connectivity index (χ1n) is 9.64. The van der Waals surface area contributed by atoms with Crippen LogP contribution in [-0.2, 0) is 0 Å². The molecule has 3 aromatic rings. The zero-order valence-corrected chi connectivity index (χ0v) is 16.8. The minimum Gasteiger partial charge on any atom is -0.494 e. The molecular formula is C23H27BrO2. The van der Waals surface area contributed by atoms with Gasteiger partial charge in [-0.3, -0.25) is 0 Å². The molecule has 0 spiro atoms. The molecule has 0 radical (unpaired) electrons. The summed E-state index contributed by atoms with van der Waals surface area (Å²) >= 11 is 3.48. The molecule has 0 bridgehead atoms. The Morgan fingerprint density at radius 1 is 0.769 bits per heavy atom. The molecule has 2 aromatic carbocycles. The number of hydrogen-bond donors (Lipinski definition) is 0. The highest BCUT2D eigenvalue weighted by Gasteiger charge is 2.05. The molecule has 3 rings (SSSR count). The lowest BCUT2D eigenvalue weighted by molar-refractivity contribution is 0.304. The Balaban J connectivity index is 1.39. The highest BCUT2D eigenvalue weighted by atomic mass is 79.9. The summed E-state index contributed by atoms with van der Waals surface area (Å²) in [4.78, 5) is 0. The van der Waals surface area contributed by atoms with Crippen LogP contribution >= 0.6 is 15.9 Å². The van der Waals surface area contributed by atoms with Crippen LogP contribution in [0.4, 0.5) is 0 Å². The van der Waals surface area contributed by atoms with E-state index in [1.54, 1.807) is 0 Å². The molecule has 0 N–H and O–H groups in total.